The number of nitrogens with two attached hydrogens (primary N) is 1. The van der Waals surface area contributed by atoms with E-state index in [1.165, 1.54) is 0 Å². The van der Waals surface area contributed by atoms with Crippen LogP contribution in [0.15, 0.2) is 33.9 Å². The predicted octanol–water partition coefficient (Wildman–Crippen LogP) is 2.45. The average molecular weight is 421 g/mol. The van der Waals surface area contributed by atoms with Crippen molar-refractivity contribution in [2.75, 3.05) is 31.6 Å². The van der Waals surface area contributed by atoms with E-state index in [4.69, 9.17) is 10.5 Å². The van der Waals surface area contributed by atoms with Crippen molar-refractivity contribution in [2.24, 2.45) is 17.8 Å². The summed E-state index contributed by atoms with van der Waals surface area (Å²) in [5, 5.41) is 7.16. The molecule has 0 unspecified atom stereocenters. The van der Waals surface area contributed by atoms with Crippen LogP contribution in [-0.2, 0) is 7.05 Å². The molecule has 2 heterocycles. The molecule has 0 atom stereocenters. The van der Waals surface area contributed by atoms with E-state index in [-0.39, 0.29) is 6.03 Å². The number of amides is 2. The highest BCUT2D eigenvalue weighted by Gasteiger charge is 2.18. The molecule has 138 valence electrons. The van der Waals surface area contributed by atoms with Crippen molar-refractivity contribution in [1.82, 2.24) is 14.7 Å². The molecule has 0 saturated heterocycles. The molecule has 0 radical (unpaired) electrons. The fraction of sp³-hybridized carbons (Fsp3) is 0.353. The molecule has 3 rings (SSSR count). The Morgan fingerprint density at radius 2 is 2.31 bits per heavy atom. The zero-order valence-electron chi connectivity index (χ0n) is 14.5. The number of nitrogens with zero attached hydrogens (tertiary/aromatic N) is 4. The fourth-order valence-corrected chi connectivity index (χ4v) is 3.26. The van der Waals surface area contributed by atoms with Crippen LogP contribution in [0.3, 0.4) is 0 Å². The number of rotatable bonds is 5. The van der Waals surface area contributed by atoms with Crippen molar-refractivity contribution >= 4 is 34.0 Å². The van der Waals surface area contributed by atoms with Gasteiger partial charge in [0, 0.05) is 37.9 Å². The summed E-state index contributed by atoms with van der Waals surface area (Å²) in [5.74, 6) is 0.678. The highest BCUT2D eigenvalue weighted by molar-refractivity contribution is 9.10. The van der Waals surface area contributed by atoms with Crippen molar-refractivity contribution < 1.29 is 9.53 Å². The van der Waals surface area contributed by atoms with Gasteiger partial charge in [0.15, 0.2) is 0 Å². The molecule has 1 aromatic carbocycles. The Morgan fingerprint density at radius 1 is 1.46 bits per heavy atom. The van der Waals surface area contributed by atoms with E-state index in [0.29, 0.717) is 31.1 Å². The Morgan fingerprint density at radius 3 is 2.96 bits per heavy atom. The highest BCUT2D eigenvalue weighted by Crippen LogP contribution is 2.36. The summed E-state index contributed by atoms with van der Waals surface area (Å²) in [4.78, 5) is 18.1. The van der Waals surface area contributed by atoms with Gasteiger partial charge in [0.25, 0.3) is 0 Å². The molecule has 0 aliphatic carbocycles. The minimum absolute atomic E-state index is 0.209. The number of halogens is 1. The van der Waals surface area contributed by atoms with Crippen LogP contribution in [0, 0.1) is 0 Å². The second-order valence-corrected chi connectivity index (χ2v) is 6.67. The Bertz CT molecular complexity index is 800. The van der Waals surface area contributed by atoms with Crippen molar-refractivity contribution in [3.05, 3.63) is 28.9 Å². The first-order chi connectivity index (χ1) is 12.6. The molecule has 3 N–H and O–H groups in total. The standard InChI is InChI=1S/C17H21BrN6O2/c1-23-16(14(18)10-21-23)13-9-12(3-4-15(13)26-8-5-19)22-17(25)24-7-2-6-20-11-24/h3-4,9-11H,2,5-8,19H2,1H3,(H,22,25). The normalized spacial score (nSPS) is 13.7. The number of carbonyl (C=O) groups is 1. The first-order valence-electron chi connectivity index (χ1n) is 8.32. The molecule has 0 bridgehead atoms. The lowest BCUT2D eigenvalue weighted by Crippen LogP contribution is -2.36. The molecule has 0 spiro atoms. The molecular formula is C17H21BrN6O2. The molecule has 2 amide bonds. The van der Waals surface area contributed by atoms with Crippen molar-refractivity contribution in [3.8, 4) is 17.0 Å². The summed E-state index contributed by atoms with van der Waals surface area (Å²) >= 11 is 3.52. The van der Waals surface area contributed by atoms with E-state index in [2.05, 4.69) is 31.3 Å². The third-order valence-corrected chi connectivity index (χ3v) is 4.50. The lowest BCUT2D eigenvalue weighted by atomic mass is 10.1. The number of anilines is 1. The largest absolute Gasteiger partial charge is 0.492 e. The second kappa shape index (κ2) is 8.33. The summed E-state index contributed by atoms with van der Waals surface area (Å²) < 4.78 is 8.35. The van der Waals surface area contributed by atoms with Gasteiger partial charge in [-0.05, 0) is 40.5 Å². The zero-order chi connectivity index (χ0) is 18.5. The molecule has 8 nitrogen and oxygen atoms in total. The van der Waals surface area contributed by atoms with Gasteiger partial charge in [-0.25, -0.2) is 4.79 Å². The maximum atomic E-state index is 12.4. The van der Waals surface area contributed by atoms with E-state index >= 15 is 0 Å². The quantitative estimate of drug-likeness (QED) is 0.775. The Hall–Kier alpha value is -2.39. The van der Waals surface area contributed by atoms with E-state index in [1.54, 1.807) is 28.2 Å². The fourth-order valence-electron chi connectivity index (χ4n) is 2.70. The van der Waals surface area contributed by atoms with Crippen molar-refractivity contribution in [2.45, 2.75) is 6.42 Å². The molecule has 0 fully saturated rings. The van der Waals surface area contributed by atoms with Gasteiger partial charge >= 0.3 is 6.03 Å². The Balaban J connectivity index is 1.90. The molecule has 0 saturated carbocycles. The maximum Gasteiger partial charge on any atom is 0.327 e. The maximum absolute atomic E-state index is 12.4. The second-order valence-electron chi connectivity index (χ2n) is 5.81. The molecule has 2 aromatic rings. The van der Waals surface area contributed by atoms with Crippen LogP contribution in [0.1, 0.15) is 6.42 Å². The SMILES string of the molecule is Cn1ncc(Br)c1-c1cc(NC(=O)N2C=NCCC2)ccc1OCCN. The number of hydrogen-bond donors (Lipinski definition) is 2. The molecule has 1 aliphatic heterocycles. The third-order valence-electron chi connectivity index (χ3n) is 3.92. The van der Waals surface area contributed by atoms with Gasteiger partial charge in [0.1, 0.15) is 12.4 Å². The van der Waals surface area contributed by atoms with Crippen LogP contribution in [0.2, 0.25) is 0 Å². The number of carbonyl (C=O) groups excluding carboxylic acids is 1. The van der Waals surface area contributed by atoms with Crippen LogP contribution in [-0.4, -0.2) is 53.3 Å². The van der Waals surface area contributed by atoms with Crippen LogP contribution in [0.4, 0.5) is 10.5 Å². The number of nitrogens with one attached hydrogen (secondary N) is 1. The first-order valence-corrected chi connectivity index (χ1v) is 9.12. The number of aryl methyl sites for hydroxylation is 1. The Labute approximate surface area is 160 Å². The van der Waals surface area contributed by atoms with Crippen LogP contribution < -0.4 is 15.8 Å². The highest BCUT2D eigenvalue weighted by atomic mass is 79.9. The van der Waals surface area contributed by atoms with Crippen molar-refractivity contribution in [1.29, 1.82) is 0 Å². The number of ether oxygens (including phenoxy) is 1. The van der Waals surface area contributed by atoms with Gasteiger partial charge in [-0.3, -0.25) is 14.6 Å². The predicted molar refractivity (Wildman–Crippen MR) is 105 cm³/mol. The van der Waals surface area contributed by atoms with Crippen molar-refractivity contribution in [3.63, 3.8) is 0 Å². The van der Waals surface area contributed by atoms with Gasteiger partial charge in [0.2, 0.25) is 0 Å². The summed E-state index contributed by atoms with van der Waals surface area (Å²) in [6, 6.07) is 5.29. The van der Waals surface area contributed by atoms with Gasteiger partial charge in [-0.1, -0.05) is 0 Å². The Kier molecular flexibility index (Phi) is 5.89. The van der Waals surface area contributed by atoms with Gasteiger partial charge < -0.3 is 15.8 Å². The van der Waals surface area contributed by atoms with E-state index in [9.17, 15) is 4.79 Å². The van der Waals surface area contributed by atoms with Gasteiger partial charge in [-0.2, -0.15) is 5.10 Å². The number of hydrogen-bond acceptors (Lipinski definition) is 5. The average Bonchev–Trinajstić information content (AvgIpc) is 2.99. The van der Waals surface area contributed by atoms with E-state index in [0.717, 1.165) is 28.7 Å². The summed E-state index contributed by atoms with van der Waals surface area (Å²) in [7, 11) is 1.85. The third kappa shape index (κ3) is 4.05. The summed E-state index contributed by atoms with van der Waals surface area (Å²) in [6.07, 6.45) is 4.16. The zero-order valence-corrected chi connectivity index (χ0v) is 16.1. The van der Waals surface area contributed by atoms with Crippen LogP contribution in [0.25, 0.3) is 11.3 Å². The first kappa shape index (κ1) is 18.4. The van der Waals surface area contributed by atoms with Crippen LogP contribution in [0.5, 0.6) is 5.75 Å². The summed E-state index contributed by atoms with van der Waals surface area (Å²) in [6.45, 7) is 2.24. The molecular weight excluding hydrogens is 400 g/mol. The van der Waals surface area contributed by atoms with Gasteiger partial charge in [-0.15, -0.1) is 0 Å². The number of aromatic nitrogens is 2. The number of urea groups is 1. The monoisotopic (exact) mass is 420 g/mol. The number of benzene rings is 1. The smallest absolute Gasteiger partial charge is 0.327 e. The topological polar surface area (TPSA) is 97.8 Å². The van der Waals surface area contributed by atoms with Gasteiger partial charge in [0.05, 0.1) is 22.7 Å². The molecule has 26 heavy (non-hydrogen) atoms. The lowest BCUT2D eigenvalue weighted by Gasteiger charge is -2.21. The van der Waals surface area contributed by atoms with E-state index in [1.807, 2.05) is 19.2 Å². The lowest BCUT2D eigenvalue weighted by molar-refractivity contribution is 0.233. The van der Waals surface area contributed by atoms with Crippen LogP contribution >= 0.6 is 15.9 Å². The molecule has 9 heteroatoms. The molecule has 1 aliphatic rings. The minimum Gasteiger partial charge on any atom is -0.492 e. The molecule has 1 aromatic heterocycles. The number of aliphatic imine (C=N–C) groups is 1. The minimum atomic E-state index is -0.209. The van der Waals surface area contributed by atoms with E-state index < -0.39 is 0 Å². The summed E-state index contributed by atoms with van der Waals surface area (Å²) in [5.41, 5.74) is 7.89.